The molecule has 2 nitrogen and oxygen atoms in total. The second-order valence-electron chi connectivity index (χ2n) is 11.5. The van der Waals surface area contributed by atoms with E-state index in [-0.39, 0.29) is 21.7 Å². The molecule has 1 heterocycles. The van der Waals surface area contributed by atoms with Gasteiger partial charge in [0.2, 0.25) is 0 Å². The van der Waals surface area contributed by atoms with Gasteiger partial charge in [-0.25, -0.2) is 9.97 Å². The Kier molecular flexibility index (Phi) is 3.18. The number of aromatic nitrogens is 2. The van der Waals surface area contributed by atoms with Gasteiger partial charge in [-0.2, -0.15) is 0 Å². The van der Waals surface area contributed by atoms with E-state index in [1.165, 1.54) is 17.0 Å². The molecule has 3 aliphatic rings. The lowest BCUT2D eigenvalue weighted by atomic mass is 9.66. The van der Waals surface area contributed by atoms with Gasteiger partial charge in [0, 0.05) is 22.7 Å². The van der Waals surface area contributed by atoms with Crippen molar-refractivity contribution in [3.63, 3.8) is 0 Å². The van der Waals surface area contributed by atoms with Gasteiger partial charge < -0.3 is 0 Å². The number of benzene rings is 2. The van der Waals surface area contributed by atoms with Crippen molar-refractivity contribution in [1.29, 1.82) is 0 Å². The van der Waals surface area contributed by atoms with E-state index in [0.29, 0.717) is 11.8 Å². The van der Waals surface area contributed by atoms with Crippen LogP contribution < -0.4 is 0 Å². The average Bonchev–Trinajstić information content (AvgIpc) is 3.07. The van der Waals surface area contributed by atoms with Crippen LogP contribution in [-0.2, 0) is 10.8 Å². The molecular formula is C28H30N2. The highest BCUT2D eigenvalue weighted by atomic mass is 15.0. The Morgan fingerprint density at radius 3 is 1.97 bits per heavy atom. The number of allylic oxidation sites excluding steroid dienone is 2. The SMILES string of the molecule is CC(C)(C)C1=CC2C3(c4ccccc4)C1c1nc4ccccc4nc1C23C(C)(C)C. The lowest BCUT2D eigenvalue weighted by Crippen LogP contribution is -2.35. The third-order valence-corrected chi connectivity index (χ3v) is 8.18. The number of para-hydroxylation sites is 2. The standard InChI is InChI=1S/C28H30N2/c1-25(2,3)18-16-21-27(17-12-8-7-9-13-17)22(18)23-24(28(21,27)26(4,5)6)30-20-15-11-10-14-19(20)29-23/h7-16,21-22H,1-6H3. The van der Waals surface area contributed by atoms with Crippen LogP contribution in [-0.4, -0.2) is 9.97 Å². The molecule has 3 aromatic rings. The van der Waals surface area contributed by atoms with Crippen molar-refractivity contribution >= 4 is 11.0 Å². The van der Waals surface area contributed by atoms with Crippen LogP contribution in [0.5, 0.6) is 0 Å². The van der Waals surface area contributed by atoms with Crippen molar-refractivity contribution in [3.05, 3.63) is 83.2 Å². The molecule has 0 spiro atoms. The normalized spacial score (nSPS) is 31.5. The van der Waals surface area contributed by atoms with Gasteiger partial charge in [-0.15, -0.1) is 0 Å². The zero-order chi connectivity index (χ0) is 21.1. The van der Waals surface area contributed by atoms with Gasteiger partial charge >= 0.3 is 0 Å². The third kappa shape index (κ3) is 1.79. The molecule has 0 aliphatic heterocycles. The minimum atomic E-state index is -0.00681. The molecule has 2 heteroatoms. The minimum absolute atomic E-state index is 0.00681. The quantitative estimate of drug-likeness (QED) is 0.437. The predicted octanol–water partition coefficient (Wildman–Crippen LogP) is 6.56. The van der Waals surface area contributed by atoms with Crippen molar-refractivity contribution < 1.29 is 0 Å². The van der Waals surface area contributed by atoms with E-state index >= 15 is 0 Å². The van der Waals surface area contributed by atoms with Crippen LogP contribution in [0.3, 0.4) is 0 Å². The minimum Gasteiger partial charge on any atom is -0.249 e. The highest BCUT2D eigenvalue weighted by Crippen LogP contribution is 2.89. The van der Waals surface area contributed by atoms with E-state index in [1.54, 1.807) is 5.57 Å². The van der Waals surface area contributed by atoms with Crippen LogP contribution in [0, 0.1) is 16.7 Å². The number of hydrogen-bond acceptors (Lipinski definition) is 2. The Bertz CT molecular complexity index is 1220. The molecule has 4 atom stereocenters. The van der Waals surface area contributed by atoms with Crippen molar-refractivity contribution in [2.45, 2.75) is 58.3 Å². The van der Waals surface area contributed by atoms with Crippen molar-refractivity contribution in [3.8, 4) is 0 Å². The molecule has 1 saturated carbocycles. The molecule has 1 aromatic heterocycles. The summed E-state index contributed by atoms with van der Waals surface area (Å²) in [4.78, 5) is 10.7. The van der Waals surface area contributed by atoms with E-state index in [0.717, 1.165) is 11.0 Å². The first kappa shape index (κ1) is 18.3. The summed E-state index contributed by atoms with van der Waals surface area (Å²) in [5.74, 6) is 0.783. The Labute approximate surface area is 179 Å². The highest BCUT2D eigenvalue weighted by molar-refractivity contribution is 5.79. The Morgan fingerprint density at radius 2 is 1.37 bits per heavy atom. The fourth-order valence-corrected chi connectivity index (χ4v) is 7.34. The van der Waals surface area contributed by atoms with Crippen LogP contribution in [0.25, 0.3) is 11.0 Å². The van der Waals surface area contributed by atoms with Crippen molar-refractivity contribution in [1.82, 2.24) is 9.97 Å². The Hall–Kier alpha value is -2.48. The van der Waals surface area contributed by atoms with Crippen LogP contribution in [0.15, 0.2) is 66.2 Å². The average molecular weight is 395 g/mol. The highest BCUT2D eigenvalue weighted by Gasteiger charge is 2.90. The van der Waals surface area contributed by atoms with Gasteiger partial charge in [0.1, 0.15) is 0 Å². The maximum Gasteiger partial charge on any atom is 0.0890 e. The lowest BCUT2D eigenvalue weighted by molar-refractivity contribution is 0.253. The zero-order valence-electron chi connectivity index (χ0n) is 18.8. The monoisotopic (exact) mass is 394 g/mol. The van der Waals surface area contributed by atoms with E-state index in [2.05, 4.69) is 102 Å². The molecule has 6 rings (SSSR count). The summed E-state index contributed by atoms with van der Waals surface area (Å²) >= 11 is 0. The van der Waals surface area contributed by atoms with Gasteiger partial charge in [-0.3, -0.25) is 0 Å². The number of rotatable bonds is 1. The molecule has 3 aliphatic carbocycles. The Morgan fingerprint density at radius 1 is 0.767 bits per heavy atom. The molecule has 0 bridgehead atoms. The second kappa shape index (κ2) is 5.22. The first-order chi connectivity index (χ1) is 14.1. The lowest BCUT2D eigenvalue weighted by Gasteiger charge is -2.37. The van der Waals surface area contributed by atoms with E-state index < -0.39 is 0 Å². The molecule has 0 amide bonds. The molecule has 2 aromatic carbocycles. The summed E-state index contributed by atoms with van der Waals surface area (Å²) in [7, 11) is 0. The van der Waals surface area contributed by atoms with Crippen LogP contribution in [0.4, 0.5) is 0 Å². The zero-order valence-corrected chi connectivity index (χ0v) is 18.8. The van der Waals surface area contributed by atoms with Gasteiger partial charge in [0.05, 0.1) is 22.4 Å². The number of nitrogens with zero attached hydrogens (tertiary/aromatic N) is 2. The summed E-state index contributed by atoms with van der Waals surface area (Å²) < 4.78 is 0. The summed E-state index contributed by atoms with van der Waals surface area (Å²) in [6, 6.07) is 19.6. The fourth-order valence-electron chi connectivity index (χ4n) is 7.34. The van der Waals surface area contributed by atoms with Crippen LogP contribution >= 0.6 is 0 Å². The second-order valence-corrected chi connectivity index (χ2v) is 11.5. The van der Waals surface area contributed by atoms with Gasteiger partial charge in [0.15, 0.2) is 0 Å². The van der Waals surface area contributed by atoms with Crippen LogP contribution in [0.1, 0.15) is 64.4 Å². The van der Waals surface area contributed by atoms with Crippen molar-refractivity contribution in [2.24, 2.45) is 16.7 Å². The Balaban J connectivity index is 1.75. The molecule has 1 fully saturated rings. The summed E-state index contributed by atoms with van der Waals surface area (Å²) in [5, 5.41) is 0. The first-order valence-corrected chi connectivity index (χ1v) is 11.2. The molecule has 152 valence electrons. The molecule has 0 N–H and O–H groups in total. The predicted molar refractivity (Wildman–Crippen MR) is 123 cm³/mol. The van der Waals surface area contributed by atoms with E-state index in [4.69, 9.17) is 9.97 Å². The number of hydrogen-bond donors (Lipinski definition) is 0. The third-order valence-electron chi connectivity index (χ3n) is 8.18. The summed E-state index contributed by atoms with van der Waals surface area (Å²) in [6.07, 6.45) is 2.62. The van der Waals surface area contributed by atoms with Crippen molar-refractivity contribution in [2.75, 3.05) is 0 Å². The first-order valence-electron chi connectivity index (χ1n) is 11.2. The van der Waals surface area contributed by atoms with Crippen LogP contribution in [0.2, 0.25) is 0 Å². The summed E-state index contributed by atoms with van der Waals surface area (Å²) in [5.41, 5.74) is 7.72. The van der Waals surface area contributed by atoms with Gasteiger partial charge in [0.25, 0.3) is 0 Å². The molecule has 0 radical (unpaired) electrons. The summed E-state index contributed by atoms with van der Waals surface area (Å²) in [6.45, 7) is 14.3. The molecular weight excluding hydrogens is 364 g/mol. The van der Waals surface area contributed by atoms with Gasteiger partial charge in [-0.05, 0) is 28.5 Å². The molecule has 0 saturated heterocycles. The smallest absolute Gasteiger partial charge is 0.0890 e. The maximum atomic E-state index is 5.35. The topological polar surface area (TPSA) is 25.8 Å². The molecule has 30 heavy (non-hydrogen) atoms. The molecule has 4 unspecified atom stereocenters. The van der Waals surface area contributed by atoms with E-state index in [1.807, 2.05) is 0 Å². The largest absolute Gasteiger partial charge is 0.249 e. The number of fused-ring (bicyclic) bond motifs is 5. The fraction of sp³-hybridized carbons (Fsp3) is 0.429. The van der Waals surface area contributed by atoms with Gasteiger partial charge in [-0.1, -0.05) is 95.7 Å². The van der Waals surface area contributed by atoms with E-state index in [9.17, 15) is 0 Å². The maximum absolute atomic E-state index is 5.35.